The highest BCUT2D eigenvalue weighted by Gasteiger charge is 2.11. The zero-order valence-electron chi connectivity index (χ0n) is 8.98. The molecule has 0 aliphatic heterocycles. The zero-order valence-corrected chi connectivity index (χ0v) is 10.5. The Hall–Kier alpha value is -1.09. The van der Waals surface area contributed by atoms with E-state index < -0.39 is 6.10 Å². The first kappa shape index (κ1) is 12.4. The van der Waals surface area contributed by atoms with Crippen LogP contribution in [0.5, 0.6) is 0 Å². The van der Waals surface area contributed by atoms with Crippen molar-refractivity contribution >= 4 is 23.2 Å². The molecule has 0 amide bonds. The van der Waals surface area contributed by atoms with Crippen molar-refractivity contribution in [3.8, 4) is 0 Å². The average Bonchev–Trinajstić information content (AvgIpc) is 2.34. The average molecular weight is 268 g/mol. The van der Waals surface area contributed by atoms with E-state index in [2.05, 4.69) is 4.98 Å². The van der Waals surface area contributed by atoms with Gasteiger partial charge in [-0.2, -0.15) is 0 Å². The Kier molecular flexibility index (Phi) is 4.00. The lowest BCUT2D eigenvalue weighted by molar-refractivity contribution is 0.178. The molecule has 0 radical (unpaired) electrons. The van der Waals surface area contributed by atoms with E-state index in [4.69, 9.17) is 23.2 Å². The Morgan fingerprint density at radius 1 is 1.24 bits per heavy atom. The molecule has 1 N–H and O–H groups in total. The second kappa shape index (κ2) is 5.50. The van der Waals surface area contributed by atoms with Crippen molar-refractivity contribution in [2.45, 2.75) is 12.5 Å². The monoisotopic (exact) mass is 267 g/mol. The maximum Gasteiger partial charge on any atom is 0.0845 e. The minimum atomic E-state index is -0.609. The number of rotatable bonds is 3. The Balaban J connectivity index is 2.16. The second-order valence-corrected chi connectivity index (χ2v) is 4.59. The van der Waals surface area contributed by atoms with Crippen LogP contribution in [0.3, 0.4) is 0 Å². The quantitative estimate of drug-likeness (QED) is 0.921. The standard InChI is InChI=1S/C13H11Cl2NO/c14-11-4-3-9(12(15)7-11)6-13(17)10-2-1-5-16-8-10/h1-5,7-8,13,17H,6H2. The van der Waals surface area contributed by atoms with E-state index in [1.807, 2.05) is 12.1 Å². The normalized spacial score (nSPS) is 12.4. The van der Waals surface area contributed by atoms with Crippen molar-refractivity contribution in [3.63, 3.8) is 0 Å². The summed E-state index contributed by atoms with van der Waals surface area (Å²) in [6.45, 7) is 0. The van der Waals surface area contributed by atoms with Crippen LogP contribution in [0, 0.1) is 0 Å². The van der Waals surface area contributed by atoms with Gasteiger partial charge in [0, 0.05) is 28.9 Å². The Bertz CT molecular complexity index is 502. The summed E-state index contributed by atoms with van der Waals surface area (Å²) in [7, 11) is 0. The fourth-order valence-corrected chi connectivity index (χ4v) is 2.07. The molecule has 1 heterocycles. The fourth-order valence-electron chi connectivity index (χ4n) is 1.59. The molecule has 2 rings (SSSR count). The molecule has 0 fully saturated rings. The van der Waals surface area contributed by atoms with Gasteiger partial charge in [-0.05, 0) is 29.3 Å². The molecule has 0 aliphatic rings. The first-order valence-corrected chi connectivity index (χ1v) is 5.94. The van der Waals surface area contributed by atoms with Crippen LogP contribution < -0.4 is 0 Å². The minimum Gasteiger partial charge on any atom is -0.388 e. The van der Waals surface area contributed by atoms with E-state index in [1.165, 1.54) is 0 Å². The number of nitrogens with zero attached hydrogens (tertiary/aromatic N) is 1. The lowest BCUT2D eigenvalue weighted by Gasteiger charge is -2.11. The molecule has 1 unspecified atom stereocenters. The van der Waals surface area contributed by atoms with Gasteiger partial charge < -0.3 is 5.11 Å². The third kappa shape index (κ3) is 3.19. The molecule has 2 nitrogen and oxygen atoms in total. The molecular weight excluding hydrogens is 257 g/mol. The minimum absolute atomic E-state index is 0.446. The third-order valence-electron chi connectivity index (χ3n) is 2.50. The van der Waals surface area contributed by atoms with Gasteiger partial charge in [0.05, 0.1) is 6.10 Å². The number of aliphatic hydroxyl groups excluding tert-OH is 1. The molecule has 0 saturated carbocycles. The number of halogens is 2. The van der Waals surface area contributed by atoms with Gasteiger partial charge in [0.1, 0.15) is 0 Å². The summed E-state index contributed by atoms with van der Waals surface area (Å²) < 4.78 is 0. The smallest absolute Gasteiger partial charge is 0.0845 e. The van der Waals surface area contributed by atoms with Crippen LogP contribution in [-0.4, -0.2) is 10.1 Å². The fraction of sp³-hybridized carbons (Fsp3) is 0.154. The van der Waals surface area contributed by atoms with Crippen molar-refractivity contribution in [3.05, 3.63) is 63.9 Å². The van der Waals surface area contributed by atoms with Crippen LogP contribution in [0.4, 0.5) is 0 Å². The summed E-state index contributed by atoms with van der Waals surface area (Å²) in [5.41, 5.74) is 1.64. The van der Waals surface area contributed by atoms with Crippen LogP contribution in [0.2, 0.25) is 10.0 Å². The van der Waals surface area contributed by atoms with Crippen molar-refractivity contribution in [2.24, 2.45) is 0 Å². The summed E-state index contributed by atoms with van der Waals surface area (Å²) >= 11 is 11.9. The third-order valence-corrected chi connectivity index (χ3v) is 3.08. The first-order valence-electron chi connectivity index (χ1n) is 5.19. The largest absolute Gasteiger partial charge is 0.388 e. The Morgan fingerprint density at radius 2 is 2.06 bits per heavy atom. The van der Waals surface area contributed by atoms with E-state index in [9.17, 15) is 5.11 Å². The van der Waals surface area contributed by atoms with Crippen LogP contribution in [-0.2, 0) is 6.42 Å². The van der Waals surface area contributed by atoms with Gasteiger partial charge in [0.25, 0.3) is 0 Å². The highest BCUT2D eigenvalue weighted by atomic mass is 35.5. The van der Waals surface area contributed by atoms with Gasteiger partial charge >= 0.3 is 0 Å². The molecule has 1 aromatic carbocycles. The summed E-state index contributed by atoms with van der Waals surface area (Å²) in [5, 5.41) is 11.2. The van der Waals surface area contributed by atoms with Crippen molar-refractivity contribution in [1.82, 2.24) is 4.98 Å². The molecule has 0 spiro atoms. The predicted molar refractivity (Wildman–Crippen MR) is 69.4 cm³/mol. The van der Waals surface area contributed by atoms with E-state index in [0.717, 1.165) is 11.1 Å². The molecule has 1 atom stereocenters. The lowest BCUT2D eigenvalue weighted by Crippen LogP contribution is -2.02. The number of benzene rings is 1. The number of pyridine rings is 1. The maximum atomic E-state index is 10.0. The first-order chi connectivity index (χ1) is 8.16. The maximum absolute atomic E-state index is 10.0. The van der Waals surface area contributed by atoms with Gasteiger partial charge in [-0.15, -0.1) is 0 Å². The van der Waals surface area contributed by atoms with Gasteiger partial charge in [0.15, 0.2) is 0 Å². The molecule has 2 aromatic rings. The predicted octanol–water partition coefficient (Wildman–Crippen LogP) is 3.66. The van der Waals surface area contributed by atoms with Crippen LogP contribution >= 0.6 is 23.2 Å². The molecule has 0 bridgehead atoms. The Morgan fingerprint density at radius 3 is 2.71 bits per heavy atom. The SMILES string of the molecule is OC(Cc1ccc(Cl)cc1Cl)c1cccnc1. The second-order valence-electron chi connectivity index (χ2n) is 3.74. The summed E-state index contributed by atoms with van der Waals surface area (Å²) in [6, 6.07) is 8.89. The van der Waals surface area contributed by atoms with Gasteiger partial charge in [-0.25, -0.2) is 0 Å². The van der Waals surface area contributed by atoms with Gasteiger partial charge in [-0.3, -0.25) is 4.98 Å². The van der Waals surface area contributed by atoms with Crippen molar-refractivity contribution in [1.29, 1.82) is 0 Å². The van der Waals surface area contributed by atoms with Crippen LogP contribution in [0.1, 0.15) is 17.2 Å². The van der Waals surface area contributed by atoms with E-state index in [-0.39, 0.29) is 0 Å². The van der Waals surface area contributed by atoms with Crippen LogP contribution in [0.25, 0.3) is 0 Å². The van der Waals surface area contributed by atoms with E-state index in [1.54, 1.807) is 30.6 Å². The zero-order chi connectivity index (χ0) is 12.3. The molecule has 0 saturated heterocycles. The molecule has 17 heavy (non-hydrogen) atoms. The molecule has 1 aromatic heterocycles. The summed E-state index contributed by atoms with van der Waals surface area (Å²) in [4.78, 5) is 3.97. The van der Waals surface area contributed by atoms with Gasteiger partial charge in [0.2, 0.25) is 0 Å². The molecule has 4 heteroatoms. The van der Waals surface area contributed by atoms with Crippen molar-refractivity contribution in [2.75, 3.05) is 0 Å². The van der Waals surface area contributed by atoms with Crippen LogP contribution in [0.15, 0.2) is 42.7 Å². The van der Waals surface area contributed by atoms with E-state index in [0.29, 0.717) is 16.5 Å². The van der Waals surface area contributed by atoms with Crippen molar-refractivity contribution < 1.29 is 5.11 Å². The van der Waals surface area contributed by atoms with Gasteiger partial charge in [-0.1, -0.05) is 35.3 Å². The Labute approximate surface area is 110 Å². The number of aliphatic hydroxyl groups is 1. The number of aromatic nitrogens is 1. The summed E-state index contributed by atoms with van der Waals surface area (Å²) in [6.07, 6.45) is 3.16. The molecule has 0 aliphatic carbocycles. The summed E-state index contributed by atoms with van der Waals surface area (Å²) in [5.74, 6) is 0. The topological polar surface area (TPSA) is 33.1 Å². The number of hydrogen-bond donors (Lipinski definition) is 1. The number of hydrogen-bond acceptors (Lipinski definition) is 2. The molecular formula is C13H11Cl2NO. The highest BCUT2D eigenvalue weighted by molar-refractivity contribution is 6.35. The van der Waals surface area contributed by atoms with E-state index >= 15 is 0 Å². The lowest BCUT2D eigenvalue weighted by atomic mass is 10.0. The molecule has 88 valence electrons. The highest BCUT2D eigenvalue weighted by Crippen LogP contribution is 2.25.